The maximum atomic E-state index is 13.5. The summed E-state index contributed by atoms with van der Waals surface area (Å²) >= 11 is 7.36. The normalized spacial score (nSPS) is 16.9. The Hall–Kier alpha value is -3.75. The fraction of sp³-hybridized carbons (Fsp3) is 0.207. The number of aliphatic hydroxyl groups is 1. The second-order valence-corrected chi connectivity index (χ2v) is 10.4. The number of amides is 1. The van der Waals surface area contributed by atoms with E-state index in [4.69, 9.17) is 16.3 Å². The average molecular weight is 551 g/mol. The third kappa shape index (κ3) is 5.01. The van der Waals surface area contributed by atoms with E-state index in [9.17, 15) is 19.1 Å². The quantitative estimate of drug-likeness (QED) is 0.108. The van der Waals surface area contributed by atoms with E-state index in [0.29, 0.717) is 33.6 Å². The molecular formula is C29H24ClFN2O4S. The highest BCUT2D eigenvalue weighted by Gasteiger charge is 2.48. The molecular weight excluding hydrogens is 527 g/mol. The average Bonchev–Trinajstić information content (AvgIpc) is 3.44. The lowest BCUT2D eigenvalue weighted by atomic mass is 9.95. The summed E-state index contributed by atoms with van der Waals surface area (Å²) in [5.74, 6) is -1.88. The molecule has 1 aliphatic rings. The SMILES string of the molecule is CCCCCOc1ccc(C2C(=C(O)c3ccc(F)cc3)C(=O)C(=O)N2c2nc3ccc(Cl)cc3s2)cc1. The number of hydrogen-bond donors (Lipinski definition) is 1. The van der Waals surface area contributed by atoms with Gasteiger partial charge < -0.3 is 9.84 Å². The summed E-state index contributed by atoms with van der Waals surface area (Å²) in [5.41, 5.74) is 1.34. The van der Waals surface area contributed by atoms with Gasteiger partial charge in [-0.1, -0.05) is 54.8 Å². The van der Waals surface area contributed by atoms with Gasteiger partial charge in [0.25, 0.3) is 5.78 Å². The summed E-state index contributed by atoms with van der Waals surface area (Å²) in [5, 5.41) is 12.0. The van der Waals surface area contributed by atoms with Gasteiger partial charge in [-0.3, -0.25) is 14.5 Å². The zero-order valence-electron chi connectivity index (χ0n) is 20.5. The van der Waals surface area contributed by atoms with Crippen molar-refractivity contribution < 1.29 is 23.8 Å². The van der Waals surface area contributed by atoms with Gasteiger partial charge in [0.2, 0.25) is 0 Å². The van der Waals surface area contributed by atoms with E-state index >= 15 is 0 Å². The van der Waals surface area contributed by atoms with Crippen LogP contribution in [-0.2, 0) is 9.59 Å². The van der Waals surface area contributed by atoms with Crippen molar-refractivity contribution >= 4 is 55.7 Å². The molecule has 1 aromatic heterocycles. The van der Waals surface area contributed by atoms with Crippen LogP contribution in [0.1, 0.15) is 43.4 Å². The Kier molecular flexibility index (Phi) is 7.44. The van der Waals surface area contributed by atoms with Gasteiger partial charge in [0.15, 0.2) is 5.13 Å². The second-order valence-electron chi connectivity index (χ2n) is 8.91. The molecule has 194 valence electrons. The minimum Gasteiger partial charge on any atom is -0.507 e. The number of halogens is 2. The Morgan fingerprint density at radius 2 is 1.82 bits per heavy atom. The summed E-state index contributed by atoms with van der Waals surface area (Å²) in [7, 11) is 0. The van der Waals surface area contributed by atoms with E-state index in [0.717, 1.165) is 24.0 Å². The minimum absolute atomic E-state index is 0.101. The largest absolute Gasteiger partial charge is 0.507 e. The van der Waals surface area contributed by atoms with E-state index in [1.807, 2.05) is 0 Å². The molecule has 9 heteroatoms. The molecule has 1 aliphatic heterocycles. The predicted octanol–water partition coefficient (Wildman–Crippen LogP) is 7.28. The lowest BCUT2D eigenvalue weighted by Crippen LogP contribution is -2.29. The van der Waals surface area contributed by atoms with Crippen LogP contribution in [0.25, 0.3) is 16.0 Å². The van der Waals surface area contributed by atoms with Gasteiger partial charge in [0, 0.05) is 10.6 Å². The number of aliphatic hydroxyl groups excluding tert-OH is 1. The zero-order chi connectivity index (χ0) is 26.8. The molecule has 0 aliphatic carbocycles. The molecule has 2 heterocycles. The molecule has 3 aromatic carbocycles. The van der Waals surface area contributed by atoms with E-state index in [1.165, 1.54) is 40.5 Å². The molecule has 0 saturated carbocycles. The number of anilines is 1. The van der Waals surface area contributed by atoms with Crippen LogP contribution in [-0.4, -0.2) is 28.4 Å². The molecule has 0 spiro atoms. The van der Waals surface area contributed by atoms with Crippen molar-refractivity contribution in [1.82, 2.24) is 4.98 Å². The lowest BCUT2D eigenvalue weighted by molar-refractivity contribution is -0.132. The van der Waals surface area contributed by atoms with Crippen LogP contribution in [0.2, 0.25) is 5.02 Å². The number of thiazole rings is 1. The van der Waals surface area contributed by atoms with Crippen molar-refractivity contribution in [1.29, 1.82) is 0 Å². The maximum absolute atomic E-state index is 13.5. The van der Waals surface area contributed by atoms with E-state index < -0.39 is 23.5 Å². The fourth-order valence-electron chi connectivity index (χ4n) is 4.39. The van der Waals surface area contributed by atoms with Gasteiger partial charge in [0.1, 0.15) is 17.3 Å². The molecule has 1 N–H and O–H groups in total. The Morgan fingerprint density at radius 3 is 2.53 bits per heavy atom. The second kappa shape index (κ2) is 10.9. The minimum atomic E-state index is -0.953. The molecule has 6 nitrogen and oxygen atoms in total. The third-order valence-corrected chi connectivity index (χ3v) is 7.57. The van der Waals surface area contributed by atoms with Gasteiger partial charge in [-0.15, -0.1) is 0 Å². The van der Waals surface area contributed by atoms with Gasteiger partial charge in [-0.05, 0) is 66.6 Å². The van der Waals surface area contributed by atoms with Crippen LogP contribution in [0.5, 0.6) is 5.75 Å². The number of nitrogens with zero attached hydrogens (tertiary/aromatic N) is 2. The van der Waals surface area contributed by atoms with Gasteiger partial charge in [-0.25, -0.2) is 9.37 Å². The number of benzene rings is 3. The molecule has 0 bridgehead atoms. The molecule has 0 radical (unpaired) electrons. The summed E-state index contributed by atoms with van der Waals surface area (Å²) in [6, 6.07) is 16.4. The van der Waals surface area contributed by atoms with Crippen molar-refractivity contribution in [2.24, 2.45) is 0 Å². The molecule has 5 rings (SSSR count). The zero-order valence-corrected chi connectivity index (χ0v) is 22.1. The fourth-order valence-corrected chi connectivity index (χ4v) is 5.65. The molecule has 1 unspecified atom stereocenters. The molecule has 1 amide bonds. The lowest BCUT2D eigenvalue weighted by Gasteiger charge is -2.23. The van der Waals surface area contributed by atoms with Crippen LogP contribution in [0.4, 0.5) is 9.52 Å². The number of carbonyl (C=O) groups is 2. The Bertz CT molecular complexity index is 1530. The topological polar surface area (TPSA) is 79.7 Å². The monoisotopic (exact) mass is 550 g/mol. The van der Waals surface area contributed by atoms with Crippen LogP contribution in [0, 0.1) is 5.82 Å². The highest BCUT2D eigenvalue weighted by Crippen LogP contribution is 2.44. The Morgan fingerprint density at radius 1 is 1.08 bits per heavy atom. The van der Waals surface area contributed by atoms with Crippen LogP contribution < -0.4 is 9.64 Å². The maximum Gasteiger partial charge on any atom is 0.301 e. The Balaban J connectivity index is 1.60. The Labute approximate surface area is 228 Å². The summed E-state index contributed by atoms with van der Waals surface area (Å²) in [4.78, 5) is 32.6. The molecule has 38 heavy (non-hydrogen) atoms. The molecule has 4 aromatic rings. The number of carbonyl (C=O) groups excluding carboxylic acids is 2. The first-order chi connectivity index (χ1) is 18.4. The summed E-state index contributed by atoms with van der Waals surface area (Å²) in [6.45, 7) is 2.71. The smallest absolute Gasteiger partial charge is 0.301 e. The van der Waals surface area contributed by atoms with Crippen molar-refractivity contribution in [2.45, 2.75) is 32.2 Å². The number of Topliss-reactive ketones (excluding diaryl/α,β-unsaturated/α-hetero) is 1. The first kappa shape index (κ1) is 25.9. The van der Waals surface area contributed by atoms with Crippen molar-refractivity contribution in [2.75, 3.05) is 11.5 Å². The van der Waals surface area contributed by atoms with E-state index in [1.54, 1.807) is 42.5 Å². The third-order valence-electron chi connectivity index (χ3n) is 6.32. The molecule has 1 saturated heterocycles. The highest BCUT2D eigenvalue weighted by atomic mass is 35.5. The van der Waals surface area contributed by atoms with Crippen LogP contribution >= 0.6 is 22.9 Å². The van der Waals surface area contributed by atoms with Crippen molar-refractivity contribution in [3.63, 3.8) is 0 Å². The number of ether oxygens (including phenoxy) is 1. The number of fused-ring (bicyclic) bond motifs is 1. The summed E-state index contributed by atoms with van der Waals surface area (Å²) in [6.07, 6.45) is 3.10. The van der Waals surface area contributed by atoms with E-state index in [-0.39, 0.29) is 16.9 Å². The number of rotatable bonds is 8. The standard InChI is InChI=1S/C29H24ClFN2O4S/c1-2-3-4-15-37-21-12-7-17(8-13-21)25-24(26(34)18-5-10-20(31)11-6-18)27(35)28(36)33(25)29-32-22-14-9-19(30)16-23(22)38-29/h5-14,16,25,34H,2-4,15H2,1H3. The molecule has 1 fully saturated rings. The van der Waals surface area contributed by atoms with Gasteiger partial charge >= 0.3 is 5.91 Å². The first-order valence-corrected chi connectivity index (χ1v) is 13.4. The van der Waals surface area contributed by atoms with Crippen LogP contribution in [0.3, 0.4) is 0 Å². The number of hydrogen-bond acceptors (Lipinski definition) is 6. The number of aromatic nitrogens is 1. The summed E-state index contributed by atoms with van der Waals surface area (Å²) < 4.78 is 20.1. The van der Waals surface area contributed by atoms with Crippen molar-refractivity contribution in [3.8, 4) is 5.75 Å². The number of ketones is 1. The van der Waals surface area contributed by atoms with Gasteiger partial charge in [-0.2, -0.15) is 0 Å². The van der Waals surface area contributed by atoms with Crippen LogP contribution in [0.15, 0.2) is 72.3 Å². The molecule has 1 atom stereocenters. The van der Waals surface area contributed by atoms with Gasteiger partial charge in [0.05, 0.1) is 28.4 Å². The highest BCUT2D eigenvalue weighted by molar-refractivity contribution is 7.22. The first-order valence-electron chi connectivity index (χ1n) is 12.2. The van der Waals surface area contributed by atoms with E-state index in [2.05, 4.69) is 11.9 Å². The predicted molar refractivity (Wildman–Crippen MR) is 147 cm³/mol. The van der Waals surface area contributed by atoms with Crippen molar-refractivity contribution in [3.05, 3.63) is 94.3 Å². The number of unbranched alkanes of at least 4 members (excludes halogenated alkanes) is 2.